The number of hydrogen-bond donors (Lipinski definition) is 1. The first kappa shape index (κ1) is 14.3. The predicted octanol–water partition coefficient (Wildman–Crippen LogP) is 1.65. The fourth-order valence-corrected chi connectivity index (χ4v) is 2.10. The van der Waals surface area contributed by atoms with Crippen LogP contribution in [0.15, 0.2) is 30.3 Å². The fourth-order valence-electron chi connectivity index (χ4n) is 2.10. The maximum absolute atomic E-state index is 12.3. The fraction of sp³-hybridized carbons (Fsp3) is 0.333. The minimum Gasteiger partial charge on any atom is -0.478 e. The van der Waals surface area contributed by atoms with Crippen LogP contribution in [0, 0.1) is 0 Å². The van der Waals surface area contributed by atoms with Gasteiger partial charge in [-0.3, -0.25) is 4.79 Å². The third kappa shape index (κ3) is 3.45. The van der Waals surface area contributed by atoms with Gasteiger partial charge in [0, 0.05) is 25.3 Å². The molecule has 1 aromatic carbocycles. The molecule has 0 aliphatic carbocycles. The second kappa shape index (κ2) is 6.34. The Kier molecular flexibility index (Phi) is 4.53. The predicted molar refractivity (Wildman–Crippen MR) is 74.4 cm³/mol. The average molecular weight is 275 g/mol. The Morgan fingerprint density at radius 2 is 2.05 bits per heavy atom. The van der Waals surface area contributed by atoms with E-state index in [0.717, 1.165) is 18.1 Å². The highest BCUT2D eigenvalue weighted by atomic mass is 16.5. The van der Waals surface area contributed by atoms with E-state index in [1.54, 1.807) is 36.2 Å². The summed E-state index contributed by atoms with van der Waals surface area (Å²) in [6.45, 7) is 1.28. The summed E-state index contributed by atoms with van der Waals surface area (Å²) in [4.78, 5) is 24.4. The van der Waals surface area contributed by atoms with Crippen molar-refractivity contribution >= 4 is 18.0 Å². The zero-order valence-electron chi connectivity index (χ0n) is 11.3. The van der Waals surface area contributed by atoms with E-state index in [2.05, 4.69) is 0 Å². The van der Waals surface area contributed by atoms with E-state index in [-0.39, 0.29) is 11.9 Å². The summed E-state index contributed by atoms with van der Waals surface area (Å²) in [5.74, 6) is -1.04. The van der Waals surface area contributed by atoms with Crippen LogP contribution in [0.3, 0.4) is 0 Å². The Balaban J connectivity index is 2.05. The van der Waals surface area contributed by atoms with Crippen molar-refractivity contribution in [3.8, 4) is 0 Å². The van der Waals surface area contributed by atoms with Crippen molar-refractivity contribution in [3.05, 3.63) is 41.5 Å². The molecule has 5 heteroatoms. The normalized spacial score (nSPS) is 18.4. The van der Waals surface area contributed by atoms with E-state index in [4.69, 9.17) is 9.84 Å². The number of nitrogens with zero attached hydrogens (tertiary/aromatic N) is 1. The number of carbonyl (C=O) groups is 2. The van der Waals surface area contributed by atoms with Crippen LogP contribution in [0.5, 0.6) is 0 Å². The molecule has 1 unspecified atom stereocenters. The lowest BCUT2D eigenvalue weighted by Crippen LogP contribution is -2.37. The van der Waals surface area contributed by atoms with Crippen LogP contribution in [0.4, 0.5) is 0 Å². The Morgan fingerprint density at radius 3 is 2.60 bits per heavy atom. The Morgan fingerprint density at radius 1 is 1.35 bits per heavy atom. The number of carbonyl (C=O) groups excluding carboxylic acids is 1. The number of amides is 1. The second-order valence-corrected chi connectivity index (χ2v) is 4.73. The zero-order valence-corrected chi connectivity index (χ0v) is 11.3. The van der Waals surface area contributed by atoms with Gasteiger partial charge >= 0.3 is 5.97 Å². The number of carboxylic acids is 1. The molecule has 0 aromatic heterocycles. The lowest BCUT2D eigenvalue weighted by Gasteiger charge is -2.23. The topological polar surface area (TPSA) is 66.8 Å². The highest BCUT2D eigenvalue weighted by Gasteiger charge is 2.24. The molecule has 1 atom stereocenters. The third-order valence-corrected chi connectivity index (χ3v) is 3.35. The van der Waals surface area contributed by atoms with Crippen molar-refractivity contribution in [1.29, 1.82) is 0 Å². The van der Waals surface area contributed by atoms with E-state index in [9.17, 15) is 9.59 Å². The molecule has 1 N–H and O–H groups in total. The molecule has 106 valence electrons. The van der Waals surface area contributed by atoms with E-state index in [0.29, 0.717) is 18.8 Å². The third-order valence-electron chi connectivity index (χ3n) is 3.35. The van der Waals surface area contributed by atoms with Crippen molar-refractivity contribution < 1.29 is 19.4 Å². The molecule has 1 aliphatic rings. The highest BCUT2D eigenvalue weighted by Crippen LogP contribution is 2.15. The number of benzene rings is 1. The van der Waals surface area contributed by atoms with Crippen LogP contribution in [0.1, 0.15) is 22.3 Å². The summed E-state index contributed by atoms with van der Waals surface area (Å²) < 4.78 is 5.28. The van der Waals surface area contributed by atoms with Gasteiger partial charge in [-0.15, -0.1) is 0 Å². The maximum Gasteiger partial charge on any atom is 0.328 e. The monoisotopic (exact) mass is 275 g/mol. The van der Waals surface area contributed by atoms with Crippen LogP contribution in [0.2, 0.25) is 0 Å². The summed E-state index contributed by atoms with van der Waals surface area (Å²) in [6.07, 6.45) is 3.42. The number of aliphatic carboxylic acids is 1. The van der Waals surface area contributed by atoms with Crippen LogP contribution in [-0.4, -0.2) is 48.2 Å². The minimum absolute atomic E-state index is 0.0470. The number of rotatable bonds is 4. The maximum atomic E-state index is 12.3. The summed E-state index contributed by atoms with van der Waals surface area (Å²) in [5.41, 5.74) is 1.34. The van der Waals surface area contributed by atoms with Gasteiger partial charge < -0.3 is 14.7 Å². The van der Waals surface area contributed by atoms with Gasteiger partial charge in [0.05, 0.1) is 12.6 Å². The lowest BCUT2D eigenvalue weighted by atomic mass is 10.1. The smallest absolute Gasteiger partial charge is 0.328 e. The number of likely N-dealkylation sites (N-methyl/N-ethyl adjacent to an activating group) is 1. The van der Waals surface area contributed by atoms with Gasteiger partial charge in [0.1, 0.15) is 0 Å². The van der Waals surface area contributed by atoms with Crippen molar-refractivity contribution in [1.82, 2.24) is 4.90 Å². The summed E-state index contributed by atoms with van der Waals surface area (Å²) >= 11 is 0. The quantitative estimate of drug-likeness (QED) is 0.848. The molecule has 0 spiro atoms. The van der Waals surface area contributed by atoms with Gasteiger partial charge in [-0.25, -0.2) is 4.79 Å². The molecule has 2 rings (SSSR count). The highest BCUT2D eigenvalue weighted by molar-refractivity contribution is 5.94. The van der Waals surface area contributed by atoms with Crippen LogP contribution in [0.25, 0.3) is 6.08 Å². The minimum atomic E-state index is -0.994. The van der Waals surface area contributed by atoms with Gasteiger partial charge in [0.2, 0.25) is 0 Å². The van der Waals surface area contributed by atoms with Crippen molar-refractivity contribution in [2.45, 2.75) is 12.5 Å². The molecule has 1 aromatic rings. The molecule has 20 heavy (non-hydrogen) atoms. The van der Waals surface area contributed by atoms with E-state index < -0.39 is 5.97 Å². The largest absolute Gasteiger partial charge is 0.478 e. The van der Waals surface area contributed by atoms with Gasteiger partial charge in [-0.2, -0.15) is 0 Å². The average Bonchev–Trinajstić information content (AvgIpc) is 2.98. The molecule has 0 saturated carbocycles. The number of ether oxygens (including phenoxy) is 1. The standard InChI is InChI=1S/C15H17NO4/c1-16(13-8-9-20-10-13)15(19)12-5-2-11(3-6-12)4-7-14(17)18/h2-7,13H,8-10H2,1H3,(H,17,18)/b7-4+. The van der Waals surface area contributed by atoms with Crippen LogP contribution >= 0.6 is 0 Å². The SMILES string of the molecule is CN(C(=O)c1ccc(/C=C/C(=O)O)cc1)C1CCOC1. The number of hydrogen-bond acceptors (Lipinski definition) is 3. The first-order valence-corrected chi connectivity index (χ1v) is 6.44. The van der Waals surface area contributed by atoms with Crippen molar-refractivity contribution in [3.63, 3.8) is 0 Å². The molecule has 1 amide bonds. The van der Waals surface area contributed by atoms with Gasteiger partial charge in [-0.05, 0) is 30.2 Å². The Labute approximate surface area is 117 Å². The Hall–Kier alpha value is -2.14. The summed E-state index contributed by atoms with van der Waals surface area (Å²) in [7, 11) is 1.78. The summed E-state index contributed by atoms with van der Waals surface area (Å²) in [6, 6.07) is 7.00. The Bertz CT molecular complexity index is 515. The first-order valence-electron chi connectivity index (χ1n) is 6.44. The van der Waals surface area contributed by atoms with E-state index in [1.807, 2.05) is 0 Å². The van der Waals surface area contributed by atoms with Gasteiger partial charge in [0.25, 0.3) is 5.91 Å². The zero-order chi connectivity index (χ0) is 14.5. The van der Waals surface area contributed by atoms with Gasteiger partial charge in [0.15, 0.2) is 0 Å². The van der Waals surface area contributed by atoms with Crippen molar-refractivity contribution in [2.75, 3.05) is 20.3 Å². The molecular formula is C15H17NO4. The van der Waals surface area contributed by atoms with Crippen molar-refractivity contribution in [2.24, 2.45) is 0 Å². The first-order chi connectivity index (χ1) is 9.58. The molecule has 1 aliphatic heterocycles. The molecule has 0 bridgehead atoms. The van der Waals surface area contributed by atoms with E-state index in [1.165, 1.54) is 6.08 Å². The van der Waals surface area contributed by atoms with Crippen LogP contribution in [-0.2, 0) is 9.53 Å². The second-order valence-electron chi connectivity index (χ2n) is 4.73. The van der Waals surface area contributed by atoms with Crippen LogP contribution < -0.4 is 0 Å². The summed E-state index contributed by atoms with van der Waals surface area (Å²) in [5, 5.41) is 8.55. The number of carboxylic acid groups (broad SMARTS) is 1. The molecule has 1 fully saturated rings. The molecule has 1 heterocycles. The molecule has 5 nitrogen and oxygen atoms in total. The molecular weight excluding hydrogens is 258 g/mol. The molecule has 1 saturated heterocycles. The molecule has 0 radical (unpaired) electrons. The van der Waals surface area contributed by atoms with E-state index >= 15 is 0 Å². The lowest BCUT2D eigenvalue weighted by molar-refractivity contribution is -0.131. The van der Waals surface area contributed by atoms with Gasteiger partial charge in [-0.1, -0.05) is 12.1 Å².